The fourth-order valence-electron chi connectivity index (χ4n) is 3.36. The third-order valence-corrected chi connectivity index (χ3v) is 4.32. The molecule has 3 rings (SSSR count). The molecule has 3 heteroatoms. The molecule has 1 aromatic heterocycles. The fourth-order valence-corrected chi connectivity index (χ4v) is 3.36. The lowest BCUT2D eigenvalue weighted by Crippen LogP contribution is -2.43. The zero-order valence-corrected chi connectivity index (χ0v) is 11.8. The van der Waals surface area contributed by atoms with Crippen molar-refractivity contribution in [1.29, 1.82) is 0 Å². The topological polar surface area (TPSA) is 29.0 Å². The van der Waals surface area contributed by atoms with Crippen LogP contribution in [0.2, 0.25) is 0 Å². The molecule has 1 aromatic carbocycles. The number of fused-ring (bicyclic) bond motifs is 1. The van der Waals surface area contributed by atoms with E-state index < -0.39 is 0 Å². The maximum Gasteiger partial charge on any atom is 0.0494 e. The van der Waals surface area contributed by atoms with E-state index in [1.54, 1.807) is 0 Å². The summed E-state index contributed by atoms with van der Waals surface area (Å²) in [6, 6.07) is 9.61. The third-order valence-electron chi connectivity index (χ3n) is 4.32. The third kappa shape index (κ3) is 2.28. The summed E-state index contributed by atoms with van der Waals surface area (Å²) in [6.45, 7) is 1.15. The first-order chi connectivity index (χ1) is 9.31. The van der Waals surface area contributed by atoms with Gasteiger partial charge in [-0.15, -0.1) is 0 Å². The maximum atomic E-state index is 3.67. The molecule has 0 radical (unpaired) electrons. The van der Waals surface area contributed by atoms with E-state index in [0.29, 0.717) is 12.1 Å². The highest BCUT2D eigenvalue weighted by Crippen LogP contribution is 2.30. The first-order valence-corrected chi connectivity index (χ1v) is 7.26. The van der Waals surface area contributed by atoms with Crippen LogP contribution in [0.5, 0.6) is 0 Å². The van der Waals surface area contributed by atoms with Gasteiger partial charge in [-0.05, 0) is 38.1 Å². The van der Waals surface area contributed by atoms with E-state index in [1.807, 2.05) is 0 Å². The molecule has 2 N–H and O–H groups in total. The number of nitrogens with zero attached hydrogens (tertiary/aromatic N) is 1. The molecular formula is C16H23N3. The molecule has 1 fully saturated rings. The highest BCUT2D eigenvalue weighted by molar-refractivity contribution is 5.84. The van der Waals surface area contributed by atoms with Gasteiger partial charge >= 0.3 is 0 Å². The SMILES string of the molecule is CNC(c1cn(C)c2ccccc12)C1CCCCN1. The Morgan fingerprint density at radius 2 is 2.16 bits per heavy atom. The Labute approximate surface area is 115 Å². The van der Waals surface area contributed by atoms with Crippen molar-refractivity contribution in [3.05, 3.63) is 36.0 Å². The molecule has 2 aromatic rings. The molecule has 0 saturated carbocycles. The predicted molar refractivity (Wildman–Crippen MR) is 80.4 cm³/mol. The summed E-state index contributed by atoms with van der Waals surface area (Å²) in [5.74, 6) is 0. The smallest absolute Gasteiger partial charge is 0.0494 e. The average molecular weight is 257 g/mol. The van der Waals surface area contributed by atoms with Crippen molar-refractivity contribution >= 4 is 10.9 Å². The standard InChI is InChI=1S/C16H23N3/c1-17-16(14-8-5-6-10-18-14)13-11-19(2)15-9-4-3-7-12(13)15/h3-4,7,9,11,14,16-18H,5-6,8,10H2,1-2H3. The number of aryl methyl sites for hydroxylation is 1. The first kappa shape index (κ1) is 12.7. The van der Waals surface area contributed by atoms with Gasteiger partial charge in [0.1, 0.15) is 0 Å². The van der Waals surface area contributed by atoms with Crippen molar-refractivity contribution in [2.45, 2.75) is 31.3 Å². The predicted octanol–water partition coefficient (Wildman–Crippen LogP) is 2.58. The quantitative estimate of drug-likeness (QED) is 0.885. The zero-order valence-electron chi connectivity index (χ0n) is 11.8. The van der Waals surface area contributed by atoms with Crippen LogP contribution in [0.15, 0.2) is 30.5 Å². The Hall–Kier alpha value is -1.32. The second kappa shape index (κ2) is 5.35. The van der Waals surface area contributed by atoms with E-state index in [0.717, 1.165) is 6.54 Å². The van der Waals surface area contributed by atoms with Crippen LogP contribution in [0.25, 0.3) is 10.9 Å². The van der Waals surface area contributed by atoms with Gasteiger partial charge in [0.2, 0.25) is 0 Å². The lowest BCUT2D eigenvalue weighted by molar-refractivity contribution is 0.327. The van der Waals surface area contributed by atoms with Crippen molar-refractivity contribution in [3.8, 4) is 0 Å². The summed E-state index contributed by atoms with van der Waals surface area (Å²) >= 11 is 0. The molecule has 0 spiro atoms. The number of benzene rings is 1. The minimum atomic E-state index is 0.395. The number of likely N-dealkylation sites (N-methyl/N-ethyl adjacent to an activating group) is 1. The van der Waals surface area contributed by atoms with Crippen LogP contribution < -0.4 is 10.6 Å². The molecule has 0 bridgehead atoms. The second-order valence-electron chi connectivity index (χ2n) is 5.54. The van der Waals surface area contributed by atoms with Crippen LogP contribution in [0.4, 0.5) is 0 Å². The van der Waals surface area contributed by atoms with Gasteiger partial charge in [-0.25, -0.2) is 0 Å². The highest BCUT2D eigenvalue weighted by atomic mass is 15.0. The van der Waals surface area contributed by atoms with E-state index in [-0.39, 0.29) is 0 Å². The summed E-state index contributed by atoms with van der Waals surface area (Å²) in [7, 11) is 4.20. The van der Waals surface area contributed by atoms with Gasteiger partial charge in [-0.2, -0.15) is 0 Å². The van der Waals surface area contributed by atoms with Gasteiger partial charge in [0.25, 0.3) is 0 Å². The molecule has 1 saturated heterocycles. The molecule has 102 valence electrons. The number of piperidine rings is 1. The summed E-state index contributed by atoms with van der Waals surface area (Å²) in [6.07, 6.45) is 6.18. The second-order valence-corrected chi connectivity index (χ2v) is 5.54. The van der Waals surface area contributed by atoms with Crippen molar-refractivity contribution in [2.75, 3.05) is 13.6 Å². The molecule has 2 heterocycles. The summed E-state index contributed by atoms with van der Waals surface area (Å²) in [5, 5.41) is 8.56. The van der Waals surface area contributed by atoms with Gasteiger partial charge < -0.3 is 15.2 Å². The number of para-hydroxylation sites is 1. The van der Waals surface area contributed by atoms with E-state index in [2.05, 4.69) is 59.8 Å². The number of hydrogen-bond acceptors (Lipinski definition) is 2. The number of hydrogen-bond donors (Lipinski definition) is 2. The molecule has 19 heavy (non-hydrogen) atoms. The van der Waals surface area contributed by atoms with Gasteiger partial charge in [-0.3, -0.25) is 0 Å². The van der Waals surface area contributed by atoms with E-state index >= 15 is 0 Å². The zero-order chi connectivity index (χ0) is 13.2. The van der Waals surface area contributed by atoms with Crippen LogP contribution >= 0.6 is 0 Å². The van der Waals surface area contributed by atoms with E-state index in [4.69, 9.17) is 0 Å². The maximum absolute atomic E-state index is 3.67. The molecule has 1 aliphatic rings. The van der Waals surface area contributed by atoms with Gasteiger partial charge in [0.15, 0.2) is 0 Å². The number of nitrogens with one attached hydrogen (secondary N) is 2. The summed E-state index contributed by atoms with van der Waals surface area (Å²) in [4.78, 5) is 0. The molecular weight excluding hydrogens is 234 g/mol. The van der Waals surface area contributed by atoms with Crippen molar-refractivity contribution < 1.29 is 0 Å². The van der Waals surface area contributed by atoms with Crippen LogP contribution in [-0.4, -0.2) is 24.2 Å². The Bertz CT molecular complexity index is 552. The molecule has 0 amide bonds. The molecule has 2 atom stereocenters. The average Bonchev–Trinajstić information content (AvgIpc) is 2.79. The minimum Gasteiger partial charge on any atom is -0.350 e. The number of aromatic nitrogens is 1. The number of rotatable bonds is 3. The van der Waals surface area contributed by atoms with Gasteiger partial charge in [0, 0.05) is 36.2 Å². The Balaban J connectivity index is 2.01. The summed E-state index contributed by atoms with van der Waals surface area (Å²) < 4.78 is 2.23. The lowest BCUT2D eigenvalue weighted by Gasteiger charge is -2.31. The Morgan fingerprint density at radius 1 is 1.32 bits per heavy atom. The van der Waals surface area contributed by atoms with Crippen molar-refractivity contribution in [3.63, 3.8) is 0 Å². The minimum absolute atomic E-state index is 0.395. The van der Waals surface area contributed by atoms with Gasteiger partial charge in [-0.1, -0.05) is 24.6 Å². The monoisotopic (exact) mass is 257 g/mol. The van der Waals surface area contributed by atoms with Crippen LogP contribution in [0.3, 0.4) is 0 Å². The molecule has 0 aliphatic carbocycles. The van der Waals surface area contributed by atoms with Crippen LogP contribution in [0.1, 0.15) is 30.9 Å². The normalized spacial score (nSPS) is 21.7. The Morgan fingerprint density at radius 3 is 2.89 bits per heavy atom. The largest absolute Gasteiger partial charge is 0.350 e. The van der Waals surface area contributed by atoms with Crippen molar-refractivity contribution in [2.24, 2.45) is 7.05 Å². The first-order valence-electron chi connectivity index (χ1n) is 7.26. The Kier molecular flexibility index (Phi) is 3.58. The van der Waals surface area contributed by atoms with E-state index in [1.165, 1.54) is 35.7 Å². The van der Waals surface area contributed by atoms with Gasteiger partial charge in [0.05, 0.1) is 0 Å². The molecule has 2 unspecified atom stereocenters. The highest BCUT2D eigenvalue weighted by Gasteiger charge is 2.25. The van der Waals surface area contributed by atoms with Crippen molar-refractivity contribution in [1.82, 2.24) is 15.2 Å². The molecule has 3 nitrogen and oxygen atoms in total. The summed E-state index contributed by atoms with van der Waals surface area (Å²) in [5.41, 5.74) is 2.73. The lowest BCUT2D eigenvalue weighted by atomic mass is 9.92. The van der Waals surface area contributed by atoms with Crippen LogP contribution in [-0.2, 0) is 7.05 Å². The van der Waals surface area contributed by atoms with E-state index in [9.17, 15) is 0 Å². The van der Waals surface area contributed by atoms with Crippen LogP contribution in [0, 0.1) is 0 Å². The fraction of sp³-hybridized carbons (Fsp3) is 0.500. The molecule has 1 aliphatic heterocycles.